The molecule has 21 heavy (non-hydrogen) atoms. The van der Waals surface area contributed by atoms with Crippen LogP contribution in [0.5, 0.6) is 5.75 Å². The van der Waals surface area contributed by atoms with Crippen molar-refractivity contribution in [3.05, 3.63) is 34.8 Å². The van der Waals surface area contributed by atoms with Crippen molar-refractivity contribution in [1.29, 1.82) is 0 Å². The molecule has 0 fully saturated rings. The normalized spacial score (nSPS) is 10.3. The lowest BCUT2D eigenvalue weighted by Gasteiger charge is -2.14. The van der Waals surface area contributed by atoms with Gasteiger partial charge in [-0.1, -0.05) is 6.92 Å². The van der Waals surface area contributed by atoms with E-state index in [0.717, 1.165) is 17.4 Å². The van der Waals surface area contributed by atoms with Gasteiger partial charge in [-0.05, 0) is 40.5 Å². The number of benzene rings is 1. The van der Waals surface area contributed by atoms with Gasteiger partial charge in [-0.15, -0.1) is 0 Å². The third kappa shape index (κ3) is 3.81. The van der Waals surface area contributed by atoms with E-state index in [1.54, 1.807) is 13.2 Å². The first-order chi connectivity index (χ1) is 10.2. The van der Waals surface area contributed by atoms with Gasteiger partial charge >= 0.3 is 0 Å². The summed E-state index contributed by atoms with van der Waals surface area (Å²) in [5.41, 5.74) is 0.563. The fraction of sp³-hybridized carbons (Fsp3) is 0.286. The first-order valence-electron chi connectivity index (χ1n) is 6.50. The van der Waals surface area contributed by atoms with E-state index in [4.69, 9.17) is 4.74 Å². The smallest absolute Gasteiger partial charge is 0.204 e. The Morgan fingerprint density at radius 3 is 2.76 bits per heavy atom. The molecule has 112 valence electrons. The lowest BCUT2D eigenvalue weighted by Crippen LogP contribution is -2.07. The summed E-state index contributed by atoms with van der Waals surface area (Å²) < 4.78 is 19.4. The highest BCUT2D eigenvalue weighted by molar-refractivity contribution is 9.10. The summed E-state index contributed by atoms with van der Waals surface area (Å²) in [4.78, 5) is 8.31. The van der Waals surface area contributed by atoms with Crippen LogP contribution < -0.4 is 15.4 Å². The van der Waals surface area contributed by atoms with Crippen LogP contribution in [0.25, 0.3) is 0 Å². The molecule has 0 atom stereocenters. The van der Waals surface area contributed by atoms with Gasteiger partial charge in [-0.25, -0.2) is 14.4 Å². The molecule has 2 N–H and O–H groups in total. The average Bonchev–Trinajstić information content (AvgIpc) is 2.49. The van der Waals surface area contributed by atoms with E-state index in [0.29, 0.717) is 23.1 Å². The molecule has 1 aromatic heterocycles. The lowest BCUT2D eigenvalue weighted by atomic mass is 10.3. The van der Waals surface area contributed by atoms with Crippen molar-refractivity contribution in [2.45, 2.75) is 13.3 Å². The van der Waals surface area contributed by atoms with Gasteiger partial charge < -0.3 is 15.4 Å². The second-order valence-corrected chi connectivity index (χ2v) is 5.13. The van der Waals surface area contributed by atoms with Gasteiger partial charge in [0.25, 0.3) is 0 Å². The maximum atomic E-state index is 13.3. The molecule has 0 spiro atoms. The second kappa shape index (κ2) is 7.21. The minimum atomic E-state index is -0.335. The van der Waals surface area contributed by atoms with Gasteiger partial charge in [-0.3, -0.25) is 0 Å². The molecule has 0 unspecified atom stereocenters. The van der Waals surface area contributed by atoms with Gasteiger partial charge in [0.15, 0.2) is 11.6 Å². The van der Waals surface area contributed by atoms with E-state index in [1.807, 2.05) is 0 Å². The maximum Gasteiger partial charge on any atom is 0.204 e. The molecule has 0 saturated carbocycles. The molecule has 1 heterocycles. The van der Waals surface area contributed by atoms with Crippen molar-refractivity contribution < 1.29 is 9.13 Å². The van der Waals surface area contributed by atoms with Crippen LogP contribution in [-0.4, -0.2) is 23.6 Å². The average molecular weight is 355 g/mol. The van der Waals surface area contributed by atoms with Gasteiger partial charge in [-0.2, -0.15) is 0 Å². The zero-order valence-corrected chi connectivity index (χ0v) is 13.4. The van der Waals surface area contributed by atoms with E-state index in [9.17, 15) is 4.39 Å². The minimum absolute atomic E-state index is 0.335. The SMILES string of the molecule is CCCNc1ncnc(Nc2cc(F)ccc2Br)c1OC. The molecule has 0 radical (unpaired) electrons. The number of nitrogens with zero attached hydrogens (tertiary/aromatic N) is 2. The van der Waals surface area contributed by atoms with Crippen molar-refractivity contribution in [2.24, 2.45) is 0 Å². The van der Waals surface area contributed by atoms with Crippen molar-refractivity contribution in [1.82, 2.24) is 9.97 Å². The molecule has 0 aliphatic heterocycles. The molecule has 2 rings (SSSR count). The molecule has 0 aliphatic carbocycles. The number of anilines is 3. The summed E-state index contributed by atoms with van der Waals surface area (Å²) in [5, 5.41) is 6.21. The largest absolute Gasteiger partial charge is 0.490 e. The van der Waals surface area contributed by atoms with Gasteiger partial charge in [0.2, 0.25) is 5.75 Å². The summed E-state index contributed by atoms with van der Waals surface area (Å²) in [5.74, 6) is 1.22. The van der Waals surface area contributed by atoms with Crippen LogP contribution in [0.2, 0.25) is 0 Å². The van der Waals surface area contributed by atoms with Crippen molar-refractivity contribution in [3.63, 3.8) is 0 Å². The van der Waals surface area contributed by atoms with Crippen molar-refractivity contribution in [2.75, 3.05) is 24.3 Å². The van der Waals surface area contributed by atoms with E-state index >= 15 is 0 Å². The minimum Gasteiger partial charge on any atom is -0.490 e. The Morgan fingerprint density at radius 1 is 1.29 bits per heavy atom. The highest BCUT2D eigenvalue weighted by Gasteiger charge is 2.13. The summed E-state index contributed by atoms with van der Waals surface area (Å²) in [6, 6.07) is 4.38. The standard InChI is InChI=1S/C14H16BrFN4O/c1-3-6-17-13-12(21-2)14(19-8-18-13)20-11-7-9(16)4-5-10(11)15/h4-5,7-8H,3,6H2,1-2H3,(H2,17,18,19,20). The Balaban J connectivity index is 2.33. The van der Waals surface area contributed by atoms with E-state index in [-0.39, 0.29) is 5.82 Å². The molecule has 7 heteroatoms. The first-order valence-corrected chi connectivity index (χ1v) is 7.30. The quantitative estimate of drug-likeness (QED) is 0.822. The molecular formula is C14H16BrFN4O. The fourth-order valence-electron chi connectivity index (χ4n) is 1.75. The highest BCUT2D eigenvalue weighted by Crippen LogP contribution is 2.33. The van der Waals surface area contributed by atoms with Crippen LogP contribution in [0.3, 0.4) is 0 Å². The maximum absolute atomic E-state index is 13.3. The second-order valence-electron chi connectivity index (χ2n) is 4.28. The van der Waals surface area contributed by atoms with E-state index in [1.165, 1.54) is 18.5 Å². The summed E-state index contributed by atoms with van der Waals surface area (Å²) >= 11 is 3.37. The van der Waals surface area contributed by atoms with Crippen molar-refractivity contribution >= 4 is 33.3 Å². The Labute approximate surface area is 131 Å². The monoisotopic (exact) mass is 354 g/mol. The Hall–Kier alpha value is -1.89. The number of aromatic nitrogens is 2. The topological polar surface area (TPSA) is 59.1 Å². The van der Waals surface area contributed by atoms with E-state index < -0.39 is 0 Å². The summed E-state index contributed by atoms with van der Waals surface area (Å²) in [6.07, 6.45) is 2.39. The molecule has 0 amide bonds. The Bertz CT molecular complexity index is 624. The van der Waals surface area contributed by atoms with Gasteiger partial charge in [0, 0.05) is 11.0 Å². The number of nitrogens with one attached hydrogen (secondary N) is 2. The number of halogens is 2. The van der Waals surface area contributed by atoms with Crippen LogP contribution in [0.1, 0.15) is 13.3 Å². The van der Waals surface area contributed by atoms with Crippen LogP contribution >= 0.6 is 15.9 Å². The van der Waals surface area contributed by atoms with Crippen molar-refractivity contribution in [3.8, 4) is 5.75 Å². The van der Waals surface area contributed by atoms with Crippen LogP contribution in [0.4, 0.5) is 21.7 Å². The molecule has 1 aromatic carbocycles. The molecule has 5 nitrogen and oxygen atoms in total. The van der Waals surface area contributed by atoms with Crippen LogP contribution in [-0.2, 0) is 0 Å². The highest BCUT2D eigenvalue weighted by atomic mass is 79.9. The Kier molecular flexibility index (Phi) is 5.32. The van der Waals surface area contributed by atoms with Gasteiger partial charge in [0.05, 0.1) is 12.8 Å². The summed E-state index contributed by atoms with van der Waals surface area (Å²) in [7, 11) is 1.54. The van der Waals surface area contributed by atoms with E-state index in [2.05, 4.69) is 43.5 Å². The molecule has 0 saturated heterocycles. The summed E-state index contributed by atoms with van der Waals surface area (Å²) in [6.45, 7) is 2.83. The van der Waals surface area contributed by atoms with Gasteiger partial charge in [0.1, 0.15) is 12.1 Å². The fourth-order valence-corrected chi connectivity index (χ4v) is 2.09. The number of ether oxygens (including phenoxy) is 1. The first kappa shape index (κ1) is 15.5. The Morgan fingerprint density at radius 2 is 2.05 bits per heavy atom. The van der Waals surface area contributed by atoms with Crippen LogP contribution in [0.15, 0.2) is 29.0 Å². The number of rotatable bonds is 6. The number of methoxy groups -OCH3 is 1. The molecule has 2 aromatic rings. The molecular weight excluding hydrogens is 339 g/mol. The molecule has 0 aliphatic rings. The predicted molar refractivity (Wildman–Crippen MR) is 84.7 cm³/mol. The third-order valence-corrected chi connectivity index (χ3v) is 3.42. The molecule has 0 bridgehead atoms. The zero-order valence-electron chi connectivity index (χ0n) is 11.8. The zero-order chi connectivity index (χ0) is 15.2. The lowest BCUT2D eigenvalue weighted by molar-refractivity contribution is 0.415. The number of hydrogen-bond acceptors (Lipinski definition) is 5. The third-order valence-electron chi connectivity index (χ3n) is 2.73. The van der Waals surface area contributed by atoms with Crippen LogP contribution in [0, 0.1) is 5.82 Å². The predicted octanol–water partition coefficient (Wildman–Crippen LogP) is 3.95. The number of hydrogen-bond donors (Lipinski definition) is 2.